The second-order valence-electron chi connectivity index (χ2n) is 4.56. The Morgan fingerprint density at radius 2 is 2.16 bits per heavy atom. The van der Waals surface area contributed by atoms with Crippen molar-refractivity contribution in [3.63, 3.8) is 0 Å². The summed E-state index contributed by atoms with van der Waals surface area (Å²) in [7, 11) is 0. The molecule has 2 aromatic rings. The van der Waals surface area contributed by atoms with Crippen molar-refractivity contribution in [1.82, 2.24) is 14.6 Å². The predicted octanol–water partition coefficient (Wildman–Crippen LogP) is 3.18. The third kappa shape index (κ3) is 2.28. The van der Waals surface area contributed by atoms with Gasteiger partial charge in [-0.05, 0) is 25.5 Å². The molecule has 0 saturated carbocycles. The minimum Gasteiger partial charge on any atom is -0.481 e. The van der Waals surface area contributed by atoms with E-state index in [0.717, 1.165) is 0 Å². The molecule has 2 rings (SSSR count). The number of aromatic nitrogens is 3. The standard InChI is InChI=1S/C12H13Cl2N3O2/c1-3-6-12(2,11(18)19)9-10(14)17-8(15-9)5-4-7(13)16-17/h4-5H,3,6H2,1-2H3,(H,18,19). The van der Waals surface area contributed by atoms with Crippen LogP contribution in [0.4, 0.5) is 0 Å². The zero-order chi connectivity index (χ0) is 14.2. The maximum Gasteiger partial charge on any atom is 0.315 e. The van der Waals surface area contributed by atoms with E-state index in [4.69, 9.17) is 23.2 Å². The minimum absolute atomic E-state index is 0.191. The van der Waals surface area contributed by atoms with Crippen molar-refractivity contribution in [2.45, 2.75) is 32.1 Å². The Bertz CT molecular complexity index is 641. The number of hydrogen-bond donors (Lipinski definition) is 1. The molecular formula is C12H13Cl2N3O2. The summed E-state index contributed by atoms with van der Waals surface area (Å²) < 4.78 is 1.36. The van der Waals surface area contributed by atoms with Gasteiger partial charge in [-0.1, -0.05) is 36.5 Å². The van der Waals surface area contributed by atoms with E-state index in [1.807, 2.05) is 6.92 Å². The summed E-state index contributed by atoms with van der Waals surface area (Å²) in [4.78, 5) is 15.8. The normalized spacial score (nSPS) is 14.5. The summed E-state index contributed by atoms with van der Waals surface area (Å²) in [5.41, 5.74) is -0.335. The van der Waals surface area contributed by atoms with E-state index in [2.05, 4.69) is 10.1 Å². The lowest BCUT2D eigenvalue weighted by molar-refractivity contribution is -0.143. The SMILES string of the molecule is CCCC(C)(C(=O)O)c1nc2ccc(Cl)nn2c1Cl. The van der Waals surface area contributed by atoms with E-state index < -0.39 is 11.4 Å². The Morgan fingerprint density at radius 3 is 2.74 bits per heavy atom. The smallest absolute Gasteiger partial charge is 0.315 e. The van der Waals surface area contributed by atoms with Crippen LogP contribution in [-0.4, -0.2) is 25.7 Å². The Labute approximate surface area is 120 Å². The fraction of sp³-hybridized carbons (Fsp3) is 0.417. The van der Waals surface area contributed by atoms with Gasteiger partial charge in [0.15, 0.2) is 10.8 Å². The molecule has 0 spiro atoms. The first-order chi connectivity index (χ1) is 8.90. The molecule has 2 aromatic heterocycles. The fourth-order valence-corrected chi connectivity index (χ4v) is 2.58. The van der Waals surface area contributed by atoms with Gasteiger partial charge in [0.05, 0.1) is 5.69 Å². The van der Waals surface area contributed by atoms with Gasteiger partial charge in [-0.2, -0.15) is 5.10 Å². The third-order valence-electron chi connectivity index (χ3n) is 3.13. The molecule has 0 aliphatic heterocycles. The highest BCUT2D eigenvalue weighted by molar-refractivity contribution is 6.31. The largest absolute Gasteiger partial charge is 0.481 e. The number of nitrogens with zero attached hydrogens (tertiary/aromatic N) is 3. The molecule has 19 heavy (non-hydrogen) atoms. The first-order valence-electron chi connectivity index (χ1n) is 5.85. The van der Waals surface area contributed by atoms with Gasteiger partial charge in [0, 0.05) is 0 Å². The molecule has 0 bridgehead atoms. The van der Waals surface area contributed by atoms with Crippen LogP contribution >= 0.6 is 23.2 Å². The molecule has 7 heteroatoms. The number of fused-ring (bicyclic) bond motifs is 1. The van der Waals surface area contributed by atoms with Gasteiger partial charge in [0.25, 0.3) is 0 Å². The monoisotopic (exact) mass is 301 g/mol. The van der Waals surface area contributed by atoms with Crippen molar-refractivity contribution >= 4 is 34.8 Å². The minimum atomic E-state index is -1.13. The highest BCUT2D eigenvalue weighted by Gasteiger charge is 2.39. The molecule has 0 aromatic carbocycles. The average Bonchev–Trinajstić information content (AvgIpc) is 2.67. The lowest BCUT2D eigenvalue weighted by Gasteiger charge is -2.22. The van der Waals surface area contributed by atoms with Gasteiger partial charge in [-0.25, -0.2) is 9.50 Å². The van der Waals surface area contributed by atoms with Crippen LogP contribution in [0.2, 0.25) is 10.3 Å². The van der Waals surface area contributed by atoms with Gasteiger partial charge < -0.3 is 5.11 Å². The van der Waals surface area contributed by atoms with Gasteiger partial charge in [0.1, 0.15) is 10.6 Å². The zero-order valence-corrected chi connectivity index (χ0v) is 12.0. The number of hydrogen-bond acceptors (Lipinski definition) is 3. The number of imidazole rings is 1. The van der Waals surface area contributed by atoms with Gasteiger partial charge in [-0.15, -0.1) is 0 Å². The Balaban J connectivity index is 2.67. The van der Waals surface area contributed by atoms with E-state index in [1.54, 1.807) is 19.1 Å². The van der Waals surface area contributed by atoms with Crippen molar-refractivity contribution in [2.75, 3.05) is 0 Å². The van der Waals surface area contributed by atoms with Crippen LogP contribution < -0.4 is 0 Å². The molecule has 0 saturated heterocycles. The fourth-order valence-electron chi connectivity index (χ4n) is 2.06. The molecule has 2 heterocycles. The lowest BCUT2D eigenvalue weighted by atomic mass is 9.83. The molecule has 1 atom stereocenters. The highest BCUT2D eigenvalue weighted by atomic mass is 35.5. The number of carbonyl (C=O) groups is 1. The molecule has 5 nitrogen and oxygen atoms in total. The summed E-state index contributed by atoms with van der Waals surface area (Å²) in [5.74, 6) is -0.953. The van der Waals surface area contributed by atoms with Crippen LogP contribution in [0.5, 0.6) is 0 Å². The van der Waals surface area contributed by atoms with Crippen molar-refractivity contribution in [3.05, 3.63) is 28.1 Å². The topological polar surface area (TPSA) is 67.5 Å². The third-order valence-corrected chi connectivity index (χ3v) is 3.68. The van der Waals surface area contributed by atoms with Crippen LogP contribution in [0.15, 0.2) is 12.1 Å². The Hall–Kier alpha value is -1.33. The number of aliphatic carboxylic acids is 1. The van der Waals surface area contributed by atoms with Crippen LogP contribution in [0.25, 0.3) is 5.65 Å². The number of carboxylic acids is 1. The lowest BCUT2D eigenvalue weighted by Crippen LogP contribution is -2.33. The van der Waals surface area contributed by atoms with Gasteiger partial charge in [0.2, 0.25) is 0 Å². The Kier molecular flexibility index (Phi) is 3.69. The average molecular weight is 302 g/mol. The van der Waals surface area contributed by atoms with Crippen molar-refractivity contribution in [2.24, 2.45) is 0 Å². The maximum atomic E-state index is 11.6. The Morgan fingerprint density at radius 1 is 1.47 bits per heavy atom. The number of carboxylic acid groups (broad SMARTS) is 1. The second-order valence-corrected chi connectivity index (χ2v) is 5.31. The van der Waals surface area contributed by atoms with Gasteiger partial charge >= 0.3 is 5.97 Å². The maximum absolute atomic E-state index is 11.6. The first-order valence-corrected chi connectivity index (χ1v) is 6.60. The molecule has 0 amide bonds. The van der Waals surface area contributed by atoms with Crippen molar-refractivity contribution in [1.29, 1.82) is 0 Å². The molecule has 0 fully saturated rings. The van der Waals surface area contributed by atoms with Crippen molar-refractivity contribution in [3.8, 4) is 0 Å². The van der Waals surface area contributed by atoms with E-state index in [0.29, 0.717) is 24.2 Å². The quantitative estimate of drug-likeness (QED) is 0.942. The summed E-state index contributed by atoms with van der Waals surface area (Å²) in [6, 6.07) is 3.24. The molecule has 1 N–H and O–H groups in total. The molecule has 102 valence electrons. The molecule has 0 aliphatic carbocycles. The van der Waals surface area contributed by atoms with E-state index in [1.165, 1.54) is 4.52 Å². The summed E-state index contributed by atoms with van der Waals surface area (Å²) in [6.07, 6.45) is 1.15. The summed E-state index contributed by atoms with van der Waals surface area (Å²) in [5, 5.41) is 14.0. The van der Waals surface area contributed by atoms with Crippen LogP contribution in [0.1, 0.15) is 32.4 Å². The van der Waals surface area contributed by atoms with Crippen LogP contribution in [0, 0.1) is 0 Å². The number of rotatable bonds is 4. The number of halogens is 2. The summed E-state index contributed by atoms with van der Waals surface area (Å²) in [6.45, 7) is 3.54. The van der Waals surface area contributed by atoms with E-state index >= 15 is 0 Å². The molecule has 1 unspecified atom stereocenters. The van der Waals surface area contributed by atoms with E-state index in [9.17, 15) is 9.90 Å². The predicted molar refractivity (Wildman–Crippen MR) is 72.9 cm³/mol. The van der Waals surface area contributed by atoms with E-state index in [-0.39, 0.29) is 10.3 Å². The van der Waals surface area contributed by atoms with Crippen LogP contribution in [-0.2, 0) is 10.2 Å². The van der Waals surface area contributed by atoms with Crippen LogP contribution in [0.3, 0.4) is 0 Å². The first kappa shape index (κ1) is 14.1. The second kappa shape index (κ2) is 4.98. The van der Waals surface area contributed by atoms with Crippen molar-refractivity contribution < 1.29 is 9.90 Å². The summed E-state index contributed by atoms with van der Waals surface area (Å²) >= 11 is 12.0. The molecular weight excluding hydrogens is 289 g/mol. The van der Waals surface area contributed by atoms with Gasteiger partial charge in [-0.3, -0.25) is 4.79 Å². The molecule has 0 aliphatic rings. The zero-order valence-electron chi connectivity index (χ0n) is 10.5. The highest BCUT2D eigenvalue weighted by Crippen LogP contribution is 2.34. The molecule has 0 radical (unpaired) electrons.